The zero-order valence-electron chi connectivity index (χ0n) is 22.3. The van der Waals surface area contributed by atoms with Gasteiger partial charge in [-0.3, -0.25) is 4.79 Å². The molecule has 206 valence electrons. The van der Waals surface area contributed by atoms with Crippen LogP contribution in [0.5, 0.6) is 23.0 Å². The Morgan fingerprint density at radius 2 is 1.88 bits per heavy atom. The Bertz CT molecular complexity index is 1630. The SMILES string of the molecule is CCOc1cc(C=Nn2c(C3CCCCC3)nc3ccccc3c2=O)cc(I)c1OCc1ccc2c(c1)OCO2. The van der Waals surface area contributed by atoms with Gasteiger partial charge in [-0.15, -0.1) is 0 Å². The van der Waals surface area contributed by atoms with Gasteiger partial charge in [-0.2, -0.15) is 9.78 Å². The van der Waals surface area contributed by atoms with Crippen LogP contribution in [0, 0.1) is 3.57 Å². The van der Waals surface area contributed by atoms with E-state index in [4.69, 9.17) is 29.0 Å². The van der Waals surface area contributed by atoms with Crippen LogP contribution in [0.2, 0.25) is 0 Å². The molecule has 1 aliphatic carbocycles. The molecule has 1 fully saturated rings. The molecule has 0 atom stereocenters. The number of nitrogens with zero attached hydrogens (tertiary/aromatic N) is 3. The number of halogens is 1. The smallest absolute Gasteiger partial charge is 0.282 e. The fraction of sp³-hybridized carbons (Fsp3) is 0.323. The van der Waals surface area contributed by atoms with E-state index in [1.54, 1.807) is 6.21 Å². The van der Waals surface area contributed by atoms with E-state index in [2.05, 4.69) is 22.6 Å². The standard InChI is InChI=1S/C31H30IN3O5/c1-2-37-28-16-21(14-24(32)29(28)38-18-20-12-13-26-27(15-20)40-19-39-26)17-33-35-30(22-8-4-3-5-9-22)34-25-11-7-6-10-23(25)31(35)36/h6-7,10-17,22H,2-5,8-9,18-19H2,1H3. The van der Waals surface area contributed by atoms with Crippen LogP contribution in [0.3, 0.4) is 0 Å². The second kappa shape index (κ2) is 11.9. The summed E-state index contributed by atoms with van der Waals surface area (Å²) in [6.07, 6.45) is 7.24. The minimum Gasteiger partial charge on any atom is -0.490 e. The Labute approximate surface area is 246 Å². The van der Waals surface area contributed by atoms with Gasteiger partial charge >= 0.3 is 0 Å². The Hall–Kier alpha value is -3.60. The fourth-order valence-corrected chi connectivity index (χ4v) is 6.03. The molecule has 1 saturated carbocycles. The van der Waals surface area contributed by atoms with Crippen LogP contribution in [0.1, 0.15) is 61.9 Å². The van der Waals surface area contributed by atoms with Gasteiger partial charge in [0.05, 0.1) is 27.3 Å². The first-order valence-corrected chi connectivity index (χ1v) is 14.7. The number of aromatic nitrogens is 2. The van der Waals surface area contributed by atoms with E-state index in [1.165, 1.54) is 11.1 Å². The maximum absolute atomic E-state index is 13.5. The van der Waals surface area contributed by atoms with Crippen LogP contribution >= 0.6 is 22.6 Å². The topological polar surface area (TPSA) is 84.2 Å². The quantitative estimate of drug-likeness (QED) is 0.157. The Kier molecular flexibility index (Phi) is 7.90. The van der Waals surface area contributed by atoms with Crippen molar-refractivity contribution in [1.29, 1.82) is 0 Å². The molecule has 1 aliphatic heterocycles. The first-order valence-electron chi connectivity index (χ1n) is 13.6. The lowest BCUT2D eigenvalue weighted by molar-refractivity contribution is 0.174. The van der Waals surface area contributed by atoms with Crippen molar-refractivity contribution in [2.24, 2.45) is 5.10 Å². The van der Waals surface area contributed by atoms with Gasteiger partial charge in [-0.1, -0.05) is 37.5 Å². The number of ether oxygens (including phenoxy) is 4. The van der Waals surface area contributed by atoms with E-state index in [-0.39, 0.29) is 18.3 Å². The van der Waals surface area contributed by atoms with Crippen molar-refractivity contribution in [3.8, 4) is 23.0 Å². The maximum Gasteiger partial charge on any atom is 0.282 e. The molecule has 3 aromatic carbocycles. The highest BCUT2D eigenvalue weighted by Crippen LogP contribution is 2.37. The predicted octanol–water partition coefficient (Wildman–Crippen LogP) is 6.64. The lowest BCUT2D eigenvalue weighted by atomic mass is 9.88. The Balaban J connectivity index is 1.31. The van der Waals surface area contributed by atoms with Crippen molar-refractivity contribution in [2.45, 2.75) is 51.6 Å². The van der Waals surface area contributed by atoms with E-state index in [0.29, 0.717) is 30.1 Å². The third-order valence-electron chi connectivity index (χ3n) is 7.22. The molecular weight excluding hydrogens is 621 g/mol. The van der Waals surface area contributed by atoms with Gasteiger partial charge in [0.25, 0.3) is 5.56 Å². The molecule has 2 heterocycles. The zero-order chi connectivity index (χ0) is 27.5. The van der Waals surface area contributed by atoms with Crippen molar-refractivity contribution < 1.29 is 18.9 Å². The largest absolute Gasteiger partial charge is 0.490 e. The van der Waals surface area contributed by atoms with E-state index in [0.717, 1.165) is 63.2 Å². The highest BCUT2D eigenvalue weighted by molar-refractivity contribution is 14.1. The van der Waals surface area contributed by atoms with Crippen molar-refractivity contribution in [3.63, 3.8) is 0 Å². The first kappa shape index (κ1) is 26.6. The molecular formula is C31H30IN3O5. The lowest BCUT2D eigenvalue weighted by Gasteiger charge is -2.22. The van der Waals surface area contributed by atoms with E-state index in [9.17, 15) is 4.79 Å². The number of para-hydroxylation sites is 1. The number of fused-ring (bicyclic) bond motifs is 2. The Morgan fingerprint density at radius 1 is 1.05 bits per heavy atom. The summed E-state index contributed by atoms with van der Waals surface area (Å²) >= 11 is 2.25. The Morgan fingerprint density at radius 3 is 2.73 bits per heavy atom. The van der Waals surface area contributed by atoms with Crippen molar-refractivity contribution in [2.75, 3.05) is 13.4 Å². The monoisotopic (exact) mass is 651 g/mol. The van der Waals surface area contributed by atoms with Gasteiger partial charge in [0, 0.05) is 5.92 Å². The van der Waals surface area contributed by atoms with Crippen LogP contribution in [0.4, 0.5) is 0 Å². The molecule has 0 bridgehead atoms. The molecule has 0 amide bonds. The van der Waals surface area contributed by atoms with Crippen LogP contribution < -0.4 is 24.5 Å². The molecule has 6 rings (SSSR count). The molecule has 0 N–H and O–H groups in total. The molecule has 40 heavy (non-hydrogen) atoms. The van der Waals surface area contributed by atoms with Crippen molar-refractivity contribution >= 4 is 39.7 Å². The highest BCUT2D eigenvalue weighted by Gasteiger charge is 2.22. The molecule has 8 nitrogen and oxygen atoms in total. The average Bonchev–Trinajstić information content (AvgIpc) is 3.45. The van der Waals surface area contributed by atoms with E-state index < -0.39 is 0 Å². The molecule has 4 aromatic rings. The number of hydrogen-bond donors (Lipinski definition) is 0. The summed E-state index contributed by atoms with van der Waals surface area (Å²) in [6.45, 7) is 3.00. The molecule has 0 unspecified atom stereocenters. The molecule has 0 spiro atoms. The highest BCUT2D eigenvalue weighted by atomic mass is 127. The summed E-state index contributed by atoms with van der Waals surface area (Å²) in [5.41, 5.74) is 2.34. The maximum atomic E-state index is 13.5. The van der Waals surface area contributed by atoms with Gasteiger partial charge in [0.15, 0.2) is 23.0 Å². The minimum absolute atomic E-state index is 0.147. The van der Waals surface area contributed by atoms with Gasteiger partial charge in [-0.05, 0) is 89.9 Å². The van der Waals surface area contributed by atoms with Gasteiger partial charge in [0.2, 0.25) is 6.79 Å². The second-order valence-corrected chi connectivity index (χ2v) is 11.1. The molecule has 9 heteroatoms. The first-order chi connectivity index (χ1) is 19.6. The second-order valence-electron chi connectivity index (χ2n) is 9.92. The molecule has 0 radical (unpaired) electrons. The predicted molar refractivity (Wildman–Crippen MR) is 162 cm³/mol. The van der Waals surface area contributed by atoms with E-state index >= 15 is 0 Å². The lowest BCUT2D eigenvalue weighted by Crippen LogP contribution is -2.25. The third-order valence-corrected chi connectivity index (χ3v) is 8.02. The van der Waals surface area contributed by atoms with Gasteiger partial charge in [0.1, 0.15) is 12.4 Å². The van der Waals surface area contributed by atoms with Crippen LogP contribution in [0.15, 0.2) is 64.5 Å². The minimum atomic E-state index is -0.147. The summed E-state index contributed by atoms with van der Waals surface area (Å²) in [7, 11) is 0. The average molecular weight is 652 g/mol. The number of benzene rings is 3. The van der Waals surface area contributed by atoms with Crippen LogP contribution in [0.25, 0.3) is 10.9 Å². The summed E-state index contributed by atoms with van der Waals surface area (Å²) in [5, 5.41) is 5.26. The molecule has 2 aliphatic rings. The van der Waals surface area contributed by atoms with Gasteiger partial charge < -0.3 is 18.9 Å². The van der Waals surface area contributed by atoms with Crippen molar-refractivity contribution in [3.05, 3.63) is 85.5 Å². The van der Waals surface area contributed by atoms with Gasteiger partial charge in [-0.25, -0.2) is 4.98 Å². The summed E-state index contributed by atoms with van der Waals surface area (Å²) < 4.78 is 25.4. The summed E-state index contributed by atoms with van der Waals surface area (Å²) in [6, 6.07) is 17.1. The zero-order valence-corrected chi connectivity index (χ0v) is 24.4. The van der Waals surface area contributed by atoms with Crippen LogP contribution in [-0.2, 0) is 6.61 Å². The summed E-state index contributed by atoms with van der Waals surface area (Å²) in [5.74, 6) is 3.69. The van der Waals surface area contributed by atoms with Crippen molar-refractivity contribution in [1.82, 2.24) is 9.66 Å². The number of hydrogen-bond acceptors (Lipinski definition) is 7. The van der Waals surface area contributed by atoms with E-state index in [1.807, 2.05) is 61.5 Å². The molecule has 0 saturated heterocycles. The normalized spacial score (nSPS) is 15.2. The fourth-order valence-electron chi connectivity index (χ4n) is 5.25. The number of rotatable bonds is 8. The van der Waals surface area contributed by atoms with Crippen LogP contribution in [-0.4, -0.2) is 29.3 Å². The third kappa shape index (κ3) is 5.52. The molecule has 1 aromatic heterocycles. The summed E-state index contributed by atoms with van der Waals surface area (Å²) in [4.78, 5) is 18.5.